The van der Waals surface area contributed by atoms with E-state index >= 15 is 0 Å². The number of rotatable bonds is 3. The summed E-state index contributed by atoms with van der Waals surface area (Å²) in [6.07, 6.45) is 2.86. The Kier molecular flexibility index (Phi) is 3.62. The largest absolute Gasteiger partial charge is 0.385 e. The van der Waals surface area contributed by atoms with Crippen LogP contribution in [0.1, 0.15) is 12.8 Å². The van der Waals surface area contributed by atoms with Gasteiger partial charge in [0, 0.05) is 6.42 Å². The zero-order chi connectivity index (χ0) is 8.20. The fourth-order valence-corrected chi connectivity index (χ4v) is 0.493. The van der Waals surface area contributed by atoms with Crippen LogP contribution in [0, 0.1) is 12.3 Å². The van der Waals surface area contributed by atoms with Crippen LogP contribution in [0.3, 0.4) is 0 Å². The van der Waals surface area contributed by atoms with E-state index < -0.39 is 11.5 Å². The molecule has 4 heteroatoms. The van der Waals surface area contributed by atoms with E-state index in [1.807, 2.05) is 0 Å². The summed E-state index contributed by atoms with van der Waals surface area (Å²) >= 11 is 4.47. The van der Waals surface area contributed by atoms with E-state index in [1.165, 1.54) is 0 Å². The van der Waals surface area contributed by atoms with E-state index in [0.29, 0.717) is 0 Å². The third-order valence-electron chi connectivity index (χ3n) is 0.940. The first kappa shape index (κ1) is 9.67. The first-order valence-electron chi connectivity index (χ1n) is 2.66. The minimum absolute atomic E-state index is 0.101. The summed E-state index contributed by atoms with van der Waals surface area (Å²) in [5.41, 5.74) is 0. The Morgan fingerprint density at radius 1 is 1.70 bits per heavy atom. The third kappa shape index (κ3) is 3.65. The smallest absolute Gasteiger partial charge is 0.347 e. The van der Waals surface area contributed by atoms with Gasteiger partial charge in [0.05, 0.1) is 0 Å². The van der Waals surface area contributed by atoms with Crippen LogP contribution < -0.4 is 0 Å². The van der Waals surface area contributed by atoms with Crippen LogP contribution in [0.5, 0.6) is 0 Å². The van der Waals surface area contributed by atoms with E-state index in [4.69, 9.17) is 11.5 Å². The summed E-state index contributed by atoms with van der Waals surface area (Å²) in [4.78, 5) is 0. The highest BCUT2D eigenvalue weighted by atomic mass is 35.5. The lowest BCUT2D eigenvalue weighted by Crippen LogP contribution is -2.26. The van der Waals surface area contributed by atoms with Gasteiger partial charge in [-0.1, -0.05) is 0 Å². The first-order valence-corrected chi connectivity index (χ1v) is 3.04. The van der Waals surface area contributed by atoms with Crippen molar-refractivity contribution in [3.05, 3.63) is 0 Å². The Morgan fingerprint density at radius 2 is 2.20 bits per heavy atom. The van der Waals surface area contributed by atoms with Gasteiger partial charge in [0.1, 0.15) is 6.10 Å². The van der Waals surface area contributed by atoms with Gasteiger partial charge >= 0.3 is 5.38 Å². The number of aliphatic hydroxyl groups is 1. The van der Waals surface area contributed by atoms with E-state index in [2.05, 4.69) is 17.5 Å². The molecule has 0 fully saturated rings. The standard InChI is InChI=1S/C6H7ClF2O/c1-2-3-4-5(10)6(7,8)9/h1,5,10H,3-4H2. The van der Waals surface area contributed by atoms with Gasteiger partial charge in [0.15, 0.2) is 0 Å². The molecule has 1 atom stereocenters. The molecule has 0 bridgehead atoms. The van der Waals surface area contributed by atoms with Gasteiger partial charge in [0.25, 0.3) is 0 Å². The highest BCUT2D eigenvalue weighted by Gasteiger charge is 2.34. The summed E-state index contributed by atoms with van der Waals surface area (Å²) in [7, 11) is 0. The second kappa shape index (κ2) is 3.75. The SMILES string of the molecule is C#CCCC(O)C(F)(F)Cl. The lowest BCUT2D eigenvalue weighted by Gasteiger charge is -2.13. The predicted molar refractivity (Wildman–Crippen MR) is 34.9 cm³/mol. The monoisotopic (exact) mass is 168 g/mol. The normalized spacial score (nSPS) is 14.3. The highest BCUT2D eigenvalue weighted by Crippen LogP contribution is 2.25. The van der Waals surface area contributed by atoms with Crippen LogP contribution in [0.4, 0.5) is 8.78 Å². The molecule has 0 amide bonds. The Morgan fingerprint density at radius 3 is 2.50 bits per heavy atom. The molecule has 58 valence electrons. The molecule has 1 unspecified atom stereocenters. The van der Waals surface area contributed by atoms with Crippen molar-refractivity contribution in [3.8, 4) is 12.3 Å². The van der Waals surface area contributed by atoms with Gasteiger partial charge in [-0.25, -0.2) is 0 Å². The average Bonchev–Trinajstić information content (AvgIpc) is 1.80. The Bertz CT molecular complexity index is 136. The first-order chi connectivity index (χ1) is 4.48. The molecule has 0 radical (unpaired) electrons. The molecule has 0 aliphatic heterocycles. The molecule has 0 saturated carbocycles. The number of halogens is 3. The van der Waals surface area contributed by atoms with Crippen molar-refractivity contribution in [2.75, 3.05) is 0 Å². The summed E-state index contributed by atoms with van der Waals surface area (Å²) in [5.74, 6) is 2.12. The molecular formula is C6H7ClF2O. The molecule has 10 heavy (non-hydrogen) atoms. The number of hydrogen-bond acceptors (Lipinski definition) is 1. The summed E-state index contributed by atoms with van der Waals surface area (Å²) in [6, 6.07) is 0. The average molecular weight is 169 g/mol. The second-order valence-corrected chi connectivity index (χ2v) is 2.30. The van der Waals surface area contributed by atoms with Gasteiger partial charge in [0.2, 0.25) is 0 Å². The molecule has 0 aromatic rings. The van der Waals surface area contributed by atoms with Crippen molar-refractivity contribution >= 4 is 11.6 Å². The lowest BCUT2D eigenvalue weighted by molar-refractivity contribution is -0.0434. The van der Waals surface area contributed by atoms with Crippen LogP contribution in [0.15, 0.2) is 0 Å². The number of aliphatic hydroxyl groups excluding tert-OH is 1. The van der Waals surface area contributed by atoms with Crippen molar-refractivity contribution in [2.24, 2.45) is 0 Å². The summed E-state index contributed by atoms with van der Waals surface area (Å²) < 4.78 is 23.8. The molecule has 0 spiro atoms. The molecule has 0 saturated heterocycles. The predicted octanol–water partition coefficient (Wildman–Crippen LogP) is 1.59. The summed E-state index contributed by atoms with van der Waals surface area (Å²) in [5, 5.41) is 4.98. The number of terminal acetylenes is 1. The molecule has 0 aliphatic carbocycles. The van der Waals surface area contributed by atoms with Crippen LogP contribution in [0.25, 0.3) is 0 Å². The molecule has 1 N–H and O–H groups in total. The molecule has 0 rings (SSSR count). The molecule has 0 aliphatic rings. The maximum absolute atomic E-state index is 11.9. The Balaban J connectivity index is 3.65. The van der Waals surface area contributed by atoms with Gasteiger partial charge in [-0.15, -0.1) is 12.3 Å². The lowest BCUT2D eigenvalue weighted by atomic mass is 10.2. The van der Waals surface area contributed by atoms with Crippen LogP contribution in [0.2, 0.25) is 0 Å². The number of alkyl halides is 3. The fraction of sp³-hybridized carbons (Fsp3) is 0.667. The van der Waals surface area contributed by atoms with Crippen molar-refractivity contribution in [1.29, 1.82) is 0 Å². The summed E-state index contributed by atoms with van der Waals surface area (Å²) in [6.45, 7) is 0. The molecule has 0 aromatic heterocycles. The Hall–Kier alpha value is -0.330. The van der Waals surface area contributed by atoms with Crippen molar-refractivity contribution < 1.29 is 13.9 Å². The topological polar surface area (TPSA) is 20.2 Å². The van der Waals surface area contributed by atoms with Crippen molar-refractivity contribution in [1.82, 2.24) is 0 Å². The minimum atomic E-state index is -3.56. The molecule has 0 aromatic carbocycles. The second-order valence-electron chi connectivity index (χ2n) is 1.80. The molecular weight excluding hydrogens is 162 g/mol. The van der Waals surface area contributed by atoms with Crippen molar-refractivity contribution in [2.45, 2.75) is 24.3 Å². The molecule has 1 nitrogen and oxygen atoms in total. The van der Waals surface area contributed by atoms with Crippen molar-refractivity contribution in [3.63, 3.8) is 0 Å². The Labute approximate surface area is 63.0 Å². The van der Waals surface area contributed by atoms with Gasteiger partial charge in [-0.05, 0) is 18.0 Å². The van der Waals surface area contributed by atoms with Gasteiger partial charge < -0.3 is 5.11 Å². The van der Waals surface area contributed by atoms with Crippen LogP contribution >= 0.6 is 11.6 Å². The zero-order valence-electron chi connectivity index (χ0n) is 5.15. The quantitative estimate of drug-likeness (QED) is 0.501. The van der Waals surface area contributed by atoms with E-state index in [9.17, 15) is 8.78 Å². The zero-order valence-corrected chi connectivity index (χ0v) is 5.91. The highest BCUT2D eigenvalue weighted by molar-refractivity contribution is 6.22. The van der Waals surface area contributed by atoms with E-state index in [1.54, 1.807) is 0 Å². The molecule has 0 heterocycles. The van der Waals surface area contributed by atoms with Crippen LogP contribution in [-0.4, -0.2) is 16.6 Å². The van der Waals surface area contributed by atoms with Crippen LogP contribution in [-0.2, 0) is 0 Å². The van der Waals surface area contributed by atoms with E-state index in [0.717, 1.165) is 0 Å². The maximum Gasteiger partial charge on any atom is 0.347 e. The van der Waals surface area contributed by atoms with Gasteiger partial charge in [-0.3, -0.25) is 0 Å². The fourth-order valence-electron chi connectivity index (χ4n) is 0.384. The maximum atomic E-state index is 11.9. The van der Waals surface area contributed by atoms with E-state index in [-0.39, 0.29) is 12.8 Å². The number of hydrogen-bond donors (Lipinski definition) is 1. The van der Waals surface area contributed by atoms with Gasteiger partial charge in [-0.2, -0.15) is 8.78 Å². The minimum Gasteiger partial charge on any atom is -0.385 e. The third-order valence-corrected chi connectivity index (χ3v) is 1.19.